The van der Waals surface area contributed by atoms with Crippen LogP contribution in [-0.4, -0.2) is 46.8 Å². The number of benzene rings is 2. The molecule has 8 heteroatoms. The van der Waals surface area contributed by atoms with Crippen molar-refractivity contribution in [2.45, 2.75) is 6.92 Å². The van der Waals surface area contributed by atoms with Gasteiger partial charge in [-0.3, -0.25) is 0 Å². The number of hydrogen-bond acceptors (Lipinski definition) is 7. The number of rotatable bonds is 4. The number of likely N-dealkylation sites (N-methyl/N-ethyl adjacent to an activating group) is 1. The lowest BCUT2D eigenvalue weighted by Crippen LogP contribution is -2.30. The molecule has 0 aliphatic carbocycles. The quantitative estimate of drug-likeness (QED) is 0.509. The van der Waals surface area contributed by atoms with Crippen LogP contribution < -0.4 is 19.7 Å². The van der Waals surface area contributed by atoms with Gasteiger partial charge in [-0.15, -0.1) is 0 Å². The molecule has 0 unspecified atom stereocenters. The Bertz CT molecular complexity index is 1140. The molecule has 2 aromatic heterocycles. The maximum Gasteiger partial charge on any atom is 0.229 e. The number of nitrogens with zero attached hydrogens (tertiary/aromatic N) is 5. The lowest BCUT2D eigenvalue weighted by molar-refractivity contribution is 0.307. The fourth-order valence-electron chi connectivity index (χ4n) is 3.23. The predicted octanol–water partition coefficient (Wildman–Crippen LogP) is 4.48. The molecule has 0 atom stereocenters. The van der Waals surface area contributed by atoms with Crippen molar-refractivity contribution >= 4 is 17.5 Å². The summed E-state index contributed by atoms with van der Waals surface area (Å²) in [5, 5.41) is 3.22. The summed E-state index contributed by atoms with van der Waals surface area (Å²) in [6, 6.07) is 17.8. The molecule has 5 rings (SSSR count). The normalized spacial score (nSPS) is 12.2. The lowest BCUT2D eigenvalue weighted by Gasteiger charge is -2.26. The van der Waals surface area contributed by atoms with Crippen LogP contribution in [0.5, 0.6) is 11.5 Å². The number of nitrogens with one attached hydrogen (secondary N) is 1. The minimum atomic E-state index is 0. The smallest absolute Gasteiger partial charge is 0.229 e. The molecule has 166 valence electrons. The summed E-state index contributed by atoms with van der Waals surface area (Å²) in [5.74, 6) is 2.72. The second-order valence-electron chi connectivity index (χ2n) is 7.24. The standard InChI is InChI=1S/C18H20N6O2.C6H6.H2/c1-12-10-24(11-20-12)14-5-4-13(8-15(14)25-3)21-18-19-9-16-17(22-18)23(2)6-7-26-16;1-2-4-6-5-3-1;/h4-5,8-11H,6-7H2,1-3H3,(H,19,21,22);1-6H;1H. The maximum absolute atomic E-state index is 5.58. The van der Waals surface area contributed by atoms with Gasteiger partial charge in [-0.25, -0.2) is 9.97 Å². The summed E-state index contributed by atoms with van der Waals surface area (Å²) in [5.41, 5.74) is 2.70. The third-order valence-electron chi connectivity index (χ3n) is 4.87. The first-order chi connectivity index (χ1) is 15.6. The number of anilines is 3. The molecule has 0 fully saturated rings. The van der Waals surface area contributed by atoms with Crippen LogP contribution in [0.3, 0.4) is 0 Å². The van der Waals surface area contributed by atoms with Gasteiger partial charge >= 0.3 is 0 Å². The summed E-state index contributed by atoms with van der Waals surface area (Å²) >= 11 is 0. The van der Waals surface area contributed by atoms with Gasteiger partial charge in [0.25, 0.3) is 0 Å². The van der Waals surface area contributed by atoms with E-state index in [-0.39, 0.29) is 1.43 Å². The average Bonchev–Trinajstić information content (AvgIpc) is 3.27. The first-order valence-corrected chi connectivity index (χ1v) is 10.3. The molecule has 0 saturated heterocycles. The summed E-state index contributed by atoms with van der Waals surface area (Å²) in [6.45, 7) is 3.40. The molecule has 2 aromatic carbocycles. The van der Waals surface area contributed by atoms with Crippen molar-refractivity contribution in [1.82, 2.24) is 19.5 Å². The van der Waals surface area contributed by atoms with Crippen molar-refractivity contribution in [1.29, 1.82) is 0 Å². The van der Waals surface area contributed by atoms with E-state index in [4.69, 9.17) is 9.47 Å². The lowest BCUT2D eigenvalue weighted by atomic mass is 10.2. The minimum absolute atomic E-state index is 0. The Kier molecular flexibility index (Phi) is 6.50. The zero-order valence-corrected chi connectivity index (χ0v) is 18.4. The molecular weight excluding hydrogens is 404 g/mol. The molecule has 32 heavy (non-hydrogen) atoms. The van der Waals surface area contributed by atoms with E-state index in [1.54, 1.807) is 19.6 Å². The van der Waals surface area contributed by atoms with Crippen LogP contribution in [0.2, 0.25) is 0 Å². The summed E-state index contributed by atoms with van der Waals surface area (Å²) < 4.78 is 13.0. The molecule has 1 aliphatic heterocycles. The van der Waals surface area contributed by atoms with Crippen molar-refractivity contribution in [3.63, 3.8) is 0 Å². The van der Waals surface area contributed by atoms with Gasteiger partial charge in [-0.2, -0.15) is 4.98 Å². The van der Waals surface area contributed by atoms with E-state index in [1.165, 1.54) is 0 Å². The largest absolute Gasteiger partial charge is 0.494 e. The van der Waals surface area contributed by atoms with E-state index in [0.29, 0.717) is 18.3 Å². The van der Waals surface area contributed by atoms with Crippen molar-refractivity contribution < 1.29 is 10.9 Å². The second-order valence-corrected chi connectivity index (χ2v) is 7.24. The maximum atomic E-state index is 5.58. The Balaban J connectivity index is 0.000000382. The highest BCUT2D eigenvalue weighted by Crippen LogP contribution is 2.31. The van der Waals surface area contributed by atoms with Crippen molar-refractivity contribution in [2.24, 2.45) is 0 Å². The number of hydrogen-bond donors (Lipinski definition) is 1. The van der Waals surface area contributed by atoms with Crippen LogP contribution in [0, 0.1) is 6.92 Å². The van der Waals surface area contributed by atoms with Gasteiger partial charge in [0.15, 0.2) is 11.6 Å². The van der Waals surface area contributed by atoms with Gasteiger partial charge in [-0.1, -0.05) is 36.4 Å². The van der Waals surface area contributed by atoms with Crippen molar-refractivity contribution in [3.05, 3.63) is 79.0 Å². The predicted molar refractivity (Wildman–Crippen MR) is 127 cm³/mol. The first kappa shape index (κ1) is 21.2. The fraction of sp³-hybridized carbons (Fsp3) is 0.208. The van der Waals surface area contributed by atoms with E-state index in [0.717, 1.165) is 35.2 Å². The summed E-state index contributed by atoms with van der Waals surface area (Å²) in [7, 11) is 3.64. The Morgan fingerprint density at radius 3 is 2.50 bits per heavy atom. The van der Waals surface area contributed by atoms with Gasteiger partial charge in [0.2, 0.25) is 5.95 Å². The molecule has 0 saturated carbocycles. The molecule has 0 amide bonds. The third-order valence-corrected chi connectivity index (χ3v) is 4.87. The Morgan fingerprint density at radius 1 is 1.09 bits per heavy atom. The van der Waals surface area contributed by atoms with Crippen molar-refractivity contribution in [3.8, 4) is 17.2 Å². The van der Waals surface area contributed by atoms with E-state index in [1.807, 2.05) is 79.3 Å². The van der Waals surface area contributed by atoms with Gasteiger partial charge in [0.1, 0.15) is 12.4 Å². The molecule has 0 bridgehead atoms. The molecule has 0 radical (unpaired) electrons. The van der Waals surface area contributed by atoms with Gasteiger partial charge < -0.3 is 24.3 Å². The fourth-order valence-corrected chi connectivity index (χ4v) is 3.23. The Labute approximate surface area is 189 Å². The topological polar surface area (TPSA) is 77.3 Å². The van der Waals surface area contributed by atoms with Gasteiger partial charge in [0, 0.05) is 26.4 Å². The Hall–Kier alpha value is -4.07. The molecule has 1 aliphatic rings. The zero-order chi connectivity index (χ0) is 22.3. The highest BCUT2D eigenvalue weighted by molar-refractivity contribution is 5.64. The van der Waals surface area contributed by atoms with Crippen LogP contribution >= 0.6 is 0 Å². The first-order valence-electron chi connectivity index (χ1n) is 10.3. The number of aromatic nitrogens is 4. The van der Waals surface area contributed by atoms with E-state index in [9.17, 15) is 0 Å². The monoisotopic (exact) mass is 432 g/mol. The van der Waals surface area contributed by atoms with Crippen LogP contribution in [0.1, 0.15) is 7.12 Å². The number of fused-ring (bicyclic) bond motifs is 1. The zero-order valence-electron chi connectivity index (χ0n) is 18.4. The number of methoxy groups -OCH3 is 1. The second kappa shape index (κ2) is 9.82. The van der Waals surface area contributed by atoms with Crippen LogP contribution in [0.4, 0.5) is 17.5 Å². The van der Waals surface area contributed by atoms with Crippen LogP contribution in [0.25, 0.3) is 5.69 Å². The molecule has 0 spiro atoms. The van der Waals surface area contributed by atoms with E-state index < -0.39 is 0 Å². The SMILES string of the molecule is COc1cc(Nc2ncc3c(n2)N(C)CCO3)ccc1-n1cnc(C)c1.[HH].c1ccccc1. The molecular formula is C24H28N6O2. The third kappa shape index (κ3) is 4.97. The number of imidazole rings is 1. The molecule has 4 aromatic rings. The minimum Gasteiger partial charge on any atom is -0.494 e. The van der Waals surface area contributed by atoms with Gasteiger partial charge in [-0.05, 0) is 19.1 Å². The summed E-state index contributed by atoms with van der Waals surface area (Å²) in [6.07, 6.45) is 5.41. The highest BCUT2D eigenvalue weighted by atomic mass is 16.5. The molecule has 8 nitrogen and oxygen atoms in total. The summed E-state index contributed by atoms with van der Waals surface area (Å²) in [4.78, 5) is 15.2. The highest BCUT2D eigenvalue weighted by Gasteiger charge is 2.18. The van der Waals surface area contributed by atoms with Crippen molar-refractivity contribution in [2.75, 3.05) is 37.5 Å². The molecule has 3 heterocycles. The van der Waals surface area contributed by atoms with Crippen LogP contribution in [-0.2, 0) is 0 Å². The number of ether oxygens (including phenoxy) is 2. The average molecular weight is 433 g/mol. The van der Waals surface area contributed by atoms with E-state index in [2.05, 4.69) is 25.2 Å². The van der Waals surface area contributed by atoms with Gasteiger partial charge in [0.05, 0.1) is 37.6 Å². The number of aryl methyl sites for hydroxylation is 1. The van der Waals surface area contributed by atoms with E-state index >= 15 is 0 Å². The Morgan fingerprint density at radius 2 is 1.84 bits per heavy atom. The van der Waals surface area contributed by atoms with Crippen LogP contribution in [0.15, 0.2) is 73.3 Å². The molecule has 1 N–H and O–H groups in total.